The number of benzene rings is 2. The summed E-state index contributed by atoms with van der Waals surface area (Å²) < 4.78 is 64.1. The van der Waals surface area contributed by atoms with E-state index in [1.54, 1.807) is 30.3 Å². The first-order valence-electron chi connectivity index (χ1n) is 11.8. The fraction of sp³-hybridized carbons (Fsp3) is 0.444. The Morgan fingerprint density at radius 1 is 0.550 bits per heavy atom. The third-order valence-electron chi connectivity index (χ3n) is 4.77. The van der Waals surface area contributed by atoms with Crippen LogP contribution in [-0.4, -0.2) is 89.2 Å². The van der Waals surface area contributed by atoms with Gasteiger partial charge in [0.2, 0.25) is 11.5 Å². The van der Waals surface area contributed by atoms with E-state index in [-0.39, 0.29) is 69.3 Å². The van der Waals surface area contributed by atoms with E-state index in [0.29, 0.717) is 17.1 Å². The Bertz CT molecular complexity index is 1040. The Hall–Kier alpha value is -3.59. The normalized spacial score (nSPS) is 10.9. The minimum absolute atomic E-state index is 0.0503. The monoisotopic (exact) mass is 568 g/mol. The molecule has 0 saturated heterocycles. The van der Waals surface area contributed by atoms with E-state index in [1.165, 1.54) is 48.7 Å². The lowest BCUT2D eigenvalue weighted by Crippen LogP contribution is -2.11. The minimum atomic E-state index is -0.398. The van der Waals surface area contributed by atoms with Crippen LogP contribution < -0.4 is 28.4 Å². The van der Waals surface area contributed by atoms with Crippen LogP contribution in [0.2, 0.25) is 0 Å². The maximum Gasteiger partial charge on any atom is 0.207 e. The maximum absolute atomic E-state index is 13.4. The van der Waals surface area contributed by atoms with Gasteiger partial charge >= 0.3 is 0 Å². The van der Waals surface area contributed by atoms with E-state index in [4.69, 9.17) is 56.8 Å². The summed E-state index contributed by atoms with van der Waals surface area (Å²) in [5.74, 6) is 1.04. The number of carbonyl (C=O) groups is 1. The zero-order chi connectivity index (χ0) is 29.2. The summed E-state index contributed by atoms with van der Waals surface area (Å²) in [7, 11) is 8.85. The molecule has 13 nitrogen and oxygen atoms in total. The van der Waals surface area contributed by atoms with Crippen LogP contribution in [0.1, 0.15) is 15.9 Å². The number of hydrogen-bond acceptors (Lipinski definition) is 13. The number of allylic oxidation sites excluding steroid dienone is 1. The van der Waals surface area contributed by atoms with Gasteiger partial charge in [0.25, 0.3) is 0 Å². The van der Waals surface area contributed by atoms with E-state index >= 15 is 0 Å². The number of hydrogen-bond donors (Lipinski definition) is 0. The van der Waals surface area contributed by atoms with Crippen LogP contribution in [-0.2, 0) is 28.4 Å². The van der Waals surface area contributed by atoms with Gasteiger partial charge in [-0.1, -0.05) is 6.08 Å². The standard InChI is InChI=1S/C27H36O13/c1-29-13-35-22-10-8-20(25(38-16-32-4)27(22)40-18-34-6)21(28)9-7-19-11-23(36-14-30-2)26(39-17-33-5)24(12-19)37-15-31-3/h7-12H,13-18H2,1-6H3. The molecule has 0 aliphatic carbocycles. The lowest BCUT2D eigenvalue weighted by Gasteiger charge is -2.18. The van der Waals surface area contributed by atoms with Crippen molar-refractivity contribution in [1.29, 1.82) is 0 Å². The molecule has 2 aromatic rings. The van der Waals surface area contributed by atoms with E-state index in [0.717, 1.165) is 0 Å². The van der Waals surface area contributed by atoms with Crippen LogP contribution in [0.25, 0.3) is 6.08 Å². The van der Waals surface area contributed by atoms with Gasteiger partial charge < -0.3 is 56.8 Å². The molecule has 0 aliphatic rings. The zero-order valence-corrected chi connectivity index (χ0v) is 23.5. The van der Waals surface area contributed by atoms with Gasteiger partial charge in [-0.3, -0.25) is 4.79 Å². The van der Waals surface area contributed by atoms with Crippen LogP contribution in [0.5, 0.6) is 34.5 Å². The van der Waals surface area contributed by atoms with Crippen molar-refractivity contribution >= 4 is 11.9 Å². The largest absolute Gasteiger partial charge is 0.464 e. The molecule has 222 valence electrons. The topological polar surface area (TPSA) is 128 Å². The number of ether oxygens (including phenoxy) is 12. The highest BCUT2D eigenvalue weighted by molar-refractivity contribution is 6.09. The van der Waals surface area contributed by atoms with Gasteiger partial charge in [-0.15, -0.1) is 0 Å². The second-order valence-electron chi connectivity index (χ2n) is 7.62. The summed E-state index contributed by atoms with van der Waals surface area (Å²) >= 11 is 0. The van der Waals surface area contributed by atoms with E-state index in [2.05, 4.69) is 0 Å². The van der Waals surface area contributed by atoms with Gasteiger partial charge in [0, 0.05) is 42.7 Å². The molecule has 0 heterocycles. The van der Waals surface area contributed by atoms with Gasteiger partial charge in [-0.05, 0) is 35.9 Å². The van der Waals surface area contributed by atoms with Crippen molar-refractivity contribution in [2.24, 2.45) is 0 Å². The lowest BCUT2D eigenvalue weighted by molar-refractivity contribution is 0.0215. The maximum atomic E-state index is 13.4. The molecule has 0 bridgehead atoms. The number of carbonyl (C=O) groups excluding carboxylic acids is 1. The molecule has 0 unspecified atom stereocenters. The predicted molar refractivity (Wildman–Crippen MR) is 141 cm³/mol. The van der Waals surface area contributed by atoms with Crippen molar-refractivity contribution in [2.45, 2.75) is 0 Å². The first kappa shape index (κ1) is 32.6. The van der Waals surface area contributed by atoms with E-state index < -0.39 is 5.78 Å². The van der Waals surface area contributed by atoms with E-state index in [1.807, 2.05) is 0 Å². The highest BCUT2D eigenvalue weighted by atomic mass is 16.7. The molecule has 2 aromatic carbocycles. The smallest absolute Gasteiger partial charge is 0.207 e. The molecule has 0 aromatic heterocycles. The van der Waals surface area contributed by atoms with Gasteiger partial charge in [0.05, 0.1) is 5.56 Å². The third kappa shape index (κ3) is 9.86. The lowest BCUT2D eigenvalue weighted by atomic mass is 10.1. The zero-order valence-electron chi connectivity index (χ0n) is 23.5. The average Bonchev–Trinajstić information content (AvgIpc) is 2.97. The van der Waals surface area contributed by atoms with Crippen LogP contribution in [0.4, 0.5) is 0 Å². The molecule has 0 amide bonds. The Balaban J connectivity index is 2.50. The first-order valence-corrected chi connectivity index (χ1v) is 11.8. The Morgan fingerprint density at radius 3 is 1.48 bits per heavy atom. The Labute approximate surface area is 233 Å². The molecule has 0 aliphatic heterocycles. The second-order valence-corrected chi connectivity index (χ2v) is 7.62. The van der Waals surface area contributed by atoms with Gasteiger partial charge in [-0.25, -0.2) is 0 Å². The molecule has 0 N–H and O–H groups in total. The second kappa shape index (κ2) is 18.7. The van der Waals surface area contributed by atoms with Crippen LogP contribution in [0.15, 0.2) is 30.3 Å². The van der Waals surface area contributed by atoms with Crippen LogP contribution in [0.3, 0.4) is 0 Å². The highest BCUT2D eigenvalue weighted by Gasteiger charge is 2.22. The Morgan fingerprint density at radius 2 is 0.975 bits per heavy atom. The molecular weight excluding hydrogens is 532 g/mol. The Kier molecular flexibility index (Phi) is 15.2. The van der Waals surface area contributed by atoms with Gasteiger partial charge in [-0.2, -0.15) is 0 Å². The first-order chi connectivity index (χ1) is 19.5. The molecular formula is C27H36O13. The van der Waals surface area contributed by atoms with Gasteiger partial charge in [0.15, 0.2) is 69.5 Å². The fourth-order valence-electron chi connectivity index (χ4n) is 3.16. The molecule has 0 spiro atoms. The summed E-state index contributed by atoms with van der Waals surface area (Å²) in [6.07, 6.45) is 2.93. The van der Waals surface area contributed by atoms with Crippen LogP contribution >= 0.6 is 0 Å². The van der Waals surface area contributed by atoms with E-state index in [9.17, 15) is 4.79 Å². The number of rotatable bonds is 21. The van der Waals surface area contributed by atoms with Crippen molar-refractivity contribution in [3.63, 3.8) is 0 Å². The quantitative estimate of drug-likeness (QED) is 0.124. The molecule has 2 rings (SSSR count). The highest BCUT2D eigenvalue weighted by Crippen LogP contribution is 2.42. The molecule has 0 radical (unpaired) electrons. The third-order valence-corrected chi connectivity index (χ3v) is 4.77. The molecule has 0 atom stereocenters. The molecule has 0 fully saturated rings. The average molecular weight is 569 g/mol. The number of ketones is 1. The SMILES string of the molecule is COCOc1cc(C=CC(=O)c2ccc(OCOC)c(OCOC)c2OCOC)cc(OCOC)c1OCOC. The van der Waals surface area contributed by atoms with Crippen molar-refractivity contribution in [3.05, 3.63) is 41.5 Å². The van der Waals surface area contributed by atoms with Crippen LogP contribution in [0, 0.1) is 0 Å². The van der Waals surface area contributed by atoms with Gasteiger partial charge in [0.1, 0.15) is 0 Å². The molecule has 13 heteroatoms. The molecule has 40 heavy (non-hydrogen) atoms. The predicted octanol–water partition coefficient (Wildman–Crippen LogP) is 3.48. The van der Waals surface area contributed by atoms with Crippen molar-refractivity contribution in [1.82, 2.24) is 0 Å². The summed E-state index contributed by atoms with van der Waals surface area (Å²) in [6.45, 7) is -0.480. The summed E-state index contributed by atoms with van der Waals surface area (Å²) in [5.41, 5.74) is 0.751. The van der Waals surface area contributed by atoms with Crippen molar-refractivity contribution in [3.8, 4) is 34.5 Å². The van der Waals surface area contributed by atoms with Crippen molar-refractivity contribution in [2.75, 3.05) is 83.4 Å². The number of methoxy groups -OCH3 is 6. The molecule has 0 saturated carbocycles. The minimum Gasteiger partial charge on any atom is -0.464 e. The summed E-state index contributed by atoms with van der Waals surface area (Å²) in [6, 6.07) is 6.43. The summed E-state index contributed by atoms with van der Waals surface area (Å²) in [4.78, 5) is 13.4. The fourth-order valence-corrected chi connectivity index (χ4v) is 3.16. The summed E-state index contributed by atoms with van der Waals surface area (Å²) in [5, 5.41) is 0. The van der Waals surface area contributed by atoms with Crippen molar-refractivity contribution < 1.29 is 61.6 Å².